The molecule has 1 saturated carbocycles. The standard InChI is InChI=1S/C19H27BrN2O3/c1-4-22-17(21-19(18(22)23)9-7-6-8-10-19)13-11-14(20)16(24-3)15(12-13)25-5-2/h11-12,17,21H,4-10H2,1-3H3. The van der Waals surface area contributed by atoms with Crippen molar-refractivity contribution in [2.24, 2.45) is 0 Å². The number of hydrogen-bond donors (Lipinski definition) is 1. The minimum Gasteiger partial charge on any atom is -0.492 e. The first-order valence-electron chi connectivity index (χ1n) is 9.15. The molecule has 1 saturated heterocycles. The van der Waals surface area contributed by atoms with Crippen LogP contribution in [0, 0.1) is 0 Å². The Labute approximate surface area is 158 Å². The zero-order valence-electron chi connectivity index (χ0n) is 15.2. The predicted octanol–water partition coefficient (Wildman–Crippen LogP) is 4.01. The lowest BCUT2D eigenvalue weighted by Crippen LogP contribution is -2.48. The Balaban J connectivity index is 1.98. The molecule has 6 heteroatoms. The van der Waals surface area contributed by atoms with Gasteiger partial charge in [0.15, 0.2) is 11.5 Å². The van der Waals surface area contributed by atoms with E-state index in [1.165, 1.54) is 6.42 Å². The Kier molecular flexibility index (Phi) is 5.58. The molecule has 1 amide bonds. The Morgan fingerprint density at radius 1 is 1.28 bits per heavy atom. The van der Waals surface area contributed by atoms with Gasteiger partial charge in [0.1, 0.15) is 6.17 Å². The maximum Gasteiger partial charge on any atom is 0.244 e. The quantitative estimate of drug-likeness (QED) is 0.796. The fourth-order valence-corrected chi connectivity index (χ4v) is 4.72. The molecule has 0 radical (unpaired) electrons. The van der Waals surface area contributed by atoms with Gasteiger partial charge < -0.3 is 14.4 Å². The van der Waals surface area contributed by atoms with Crippen molar-refractivity contribution in [3.63, 3.8) is 0 Å². The van der Waals surface area contributed by atoms with E-state index in [2.05, 4.69) is 21.2 Å². The Morgan fingerprint density at radius 2 is 2.00 bits per heavy atom. The van der Waals surface area contributed by atoms with Crippen LogP contribution in [0.5, 0.6) is 11.5 Å². The number of ether oxygens (including phenoxy) is 2. The molecule has 1 aliphatic carbocycles. The van der Waals surface area contributed by atoms with E-state index in [1.54, 1.807) is 7.11 Å². The molecule has 1 atom stereocenters. The normalized spacial score (nSPS) is 22.5. The molecule has 1 aromatic carbocycles. The molecule has 1 spiro atoms. The highest BCUT2D eigenvalue weighted by Crippen LogP contribution is 2.43. The van der Waals surface area contributed by atoms with Gasteiger partial charge in [0.25, 0.3) is 0 Å². The van der Waals surface area contributed by atoms with Crippen LogP contribution in [0.15, 0.2) is 16.6 Å². The third-order valence-corrected chi connectivity index (χ3v) is 5.88. The monoisotopic (exact) mass is 410 g/mol. The van der Waals surface area contributed by atoms with E-state index < -0.39 is 5.54 Å². The number of amides is 1. The Bertz CT molecular complexity index is 644. The molecule has 1 unspecified atom stereocenters. The molecule has 1 aliphatic heterocycles. The summed E-state index contributed by atoms with van der Waals surface area (Å²) in [6, 6.07) is 4.01. The van der Waals surface area contributed by atoms with E-state index in [1.807, 2.05) is 30.9 Å². The van der Waals surface area contributed by atoms with Crippen LogP contribution in [-0.4, -0.2) is 36.6 Å². The lowest BCUT2D eigenvalue weighted by atomic mass is 9.81. The van der Waals surface area contributed by atoms with Crippen molar-refractivity contribution in [2.45, 2.75) is 57.7 Å². The number of likely N-dealkylation sites (N-methyl/N-ethyl adjacent to an activating group) is 1. The fourth-order valence-electron chi connectivity index (χ4n) is 4.10. The van der Waals surface area contributed by atoms with Crippen molar-refractivity contribution in [3.05, 3.63) is 22.2 Å². The number of nitrogens with one attached hydrogen (secondary N) is 1. The molecule has 0 aromatic heterocycles. The average molecular weight is 411 g/mol. The third-order valence-electron chi connectivity index (χ3n) is 5.29. The van der Waals surface area contributed by atoms with Crippen LogP contribution in [0.4, 0.5) is 0 Å². The first-order chi connectivity index (χ1) is 12.1. The maximum atomic E-state index is 13.1. The van der Waals surface area contributed by atoms with Gasteiger partial charge in [-0.05, 0) is 60.3 Å². The van der Waals surface area contributed by atoms with Gasteiger partial charge in [-0.25, -0.2) is 0 Å². The smallest absolute Gasteiger partial charge is 0.244 e. The van der Waals surface area contributed by atoms with E-state index in [0.717, 1.165) is 35.7 Å². The second kappa shape index (κ2) is 7.54. The van der Waals surface area contributed by atoms with Crippen LogP contribution in [0.2, 0.25) is 0 Å². The number of methoxy groups -OCH3 is 1. The maximum absolute atomic E-state index is 13.1. The summed E-state index contributed by atoms with van der Waals surface area (Å²) in [5, 5.41) is 3.67. The number of hydrogen-bond acceptors (Lipinski definition) is 4. The molecule has 25 heavy (non-hydrogen) atoms. The van der Waals surface area contributed by atoms with Crippen molar-refractivity contribution in [1.82, 2.24) is 10.2 Å². The van der Waals surface area contributed by atoms with Crippen LogP contribution in [0.25, 0.3) is 0 Å². The summed E-state index contributed by atoms with van der Waals surface area (Å²) < 4.78 is 12.1. The van der Waals surface area contributed by atoms with Crippen LogP contribution in [0.1, 0.15) is 57.7 Å². The minimum atomic E-state index is -0.392. The minimum absolute atomic E-state index is 0.128. The van der Waals surface area contributed by atoms with Crippen LogP contribution in [-0.2, 0) is 4.79 Å². The van der Waals surface area contributed by atoms with E-state index in [0.29, 0.717) is 24.7 Å². The zero-order chi connectivity index (χ0) is 18.0. The molecule has 2 fully saturated rings. The second-order valence-electron chi connectivity index (χ2n) is 6.75. The Morgan fingerprint density at radius 3 is 2.60 bits per heavy atom. The number of nitrogens with zero attached hydrogens (tertiary/aromatic N) is 1. The van der Waals surface area contributed by atoms with Gasteiger partial charge in [0.05, 0.1) is 23.7 Å². The first-order valence-corrected chi connectivity index (χ1v) is 9.94. The van der Waals surface area contributed by atoms with Gasteiger partial charge in [-0.1, -0.05) is 19.3 Å². The van der Waals surface area contributed by atoms with Crippen LogP contribution < -0.4 is 14.8 Å². The molecule has 2 aliphatic rings. The van der Waals surface area contributed by atoms with Crippen LogP contribution in [0.3, 0.4) is 0 Å². The van der Waals surface area contributed by atoms with E-state index >= 15 is 0 Å². The molecule has 138 valence electrons. The number of rotatable bonds is 5. The highest BCUT2D eigenvalue weighted by atomic mass is 79.9. The van der Waals surface area contributed by atoms with Gasteiger partial charge in [0.2, 0.25) is 5.91 Å². The third kappa shape index (κ3) is 3.26. The van der Waals surface area contributed by atoms with Gasteiger partial charge >= 0.3 is 0 Å². The molecule has 1 aromatic rings. The SMILES string of the molecule is CCOc1cc(C2NC3(CCCCC3)C(=O)N2CC)cc(Br)c1OC. The molecule has 0 bridgehead atoms. The predicted molar refractivity (Wildman–Crippen MR) is 101 cm³/mol. The number of benzene rings is 1. The van der Waals surface area contributed by atoms with Crippen LogP contribution >= 0.6 is 15.9 Å². The number of carbonyl (C=O) groups excluding carboxylic acids is 1. The zero-order valence-corrected chi connectivity index (χ0v) is 16.8. The second-order valence-corrected chi connectivity index (χ2v) is 7.60. The highest BCUT2D eigenvalue weighted by molar-refractivity contribution is 9.10. The van der Waals surface area contributed by atoms with Gasteiger partial charge in [-0.2, -0.15) is 0 Å². The highest BCUT2D eigenvalue weighted by Gasteiger charge is 2.51. The number of carbonyl (C=O) groups is 1. The van der Waals surface area contributed by atoms with E-state index in [4.69, 9.17) is 9.47 Å². The van der Waals surface area contributed by atoms with Crippen molar-refractivity contribution in [2.75, 3.05) is 20.3 Å². The summed E-state index contributed by atoms with van der Waals surface area (Å²) in [7, 11) is 1.63. The summed E-state index contributed by atoms with van der Waals surface area (Å²) in [5.41, 5.74) is 0.630. The Hall–Kier alpha value is -1.27. The topological polar surface area (TPSA) is 50.8 Å². The molecule has 1 heterocycles. The van der Waals surface area contributed by atoms with Crippen molar-refractivity contribution >= 4 is 21.8 Å². The van der Waals surface area contributed by atoms with Gasteiger partial charge in [-0.3, -0.25) is 10.1 Å². The van der Waals surface area contributed by atoms with Gasteiger partial charge in [-0.15, -0.1) is 0 Å². The van der Waals surface area contributed by atoms with Crippen molar-refractivity contribution in [3.8, 4) is 11.5 Å². The summed E-state index contributed by atoms with van der Waals surface area (Å²) in [6.07, 6.45) is 5.16. The van der Waals surface area contributed by atoms with Crippen molar-refractivity contribution < 1.29 is 14.3 Å². The largest absolute Gasteiger partial charge is 0.492 e. The lowest BCUT2D eigenvalue weighted by Gasteiger charge is -2.31. The summed E-state index contributed by atoms with van der Waals surface area (Å²) in [4.78, 5) is 15.1. The molecule has 5 nitrogen and oxygen atoms in total. The fraction of sp³-hybridized carbons (Fsp3) is 0.632. The van der Waals surface area contributed by atoms with E-state index in [9.17, 15) is 4.79 Å². The molecule has 3 rings (SSSR count). The summed E-state index contributed by atoms with van der Waals surface area (Å²) in [6.45, 7) is 5.24. The summed E-state index contributed by atoms with van der Waals surface area (Å²) in [5.74, 6) is 1.62. The van der Waals surface area contributed by atoms with Gasteiger partial charge in [0, 0.05) is 6.54 Å². The summed E-state index contributed by atoms with van der Waals surface area (Å²) >= 11 is 3.58. The molecular formula is C19H27BrN2O3. The molecular weight excluding hydrogens is 384 g/mol. The van der Waals surface area contributed by atoms with Crippen molar-refractivity contribution in [1.29, 1.82) is 0 Å². The number of halogens is 1. The average Bonchev–Trinajstić information content (AvgIpc) is 2.87. The van der Waals surface area contributed by atoms with E-state index in [-0.39, 0.29) is 12.1 Å². The lowest BCUT2D eigenvalue weighted by molar-refractivity contribution is -0.134. The molecule has 1 N–H and O–H groups in total. The first kappa shape index (κ1) is 18.5.